The van der Waals surface area contributed by atoms with E-state index >= 15 is 0 Å². The van der Waals surface area contributed by atoms with Crippen molar-refractivity contribution < 1.29 is 14.4 Å². The molecule has 0 spiro atoms. The molecule has 2 aliphatic heterocycles. The smallest absolute Gasteiger partial charge is 0.255 e. The molecule has 1 saturated carbocycles. The molecule has 3 amide bonds. The molecule has 6 heteroatoms. The predicted molar refractivity (Wildman–Crippen MR) is 127 cm³/mol. The van der Waals surface area contributed by atoms with Gasteiger partial charge in [0.25, 0.3) is 5.91 Å². The Bertz CT molecular complexity index is 1050. The zero-order valence-electron chi connectivity index (χ0n) is 18.9. The average molecular weight is 446 g/mol. The summed E-state index contributed by atoms with van der Waals surface area (Å²) in [7, 11) is 0. The fourth-order valence-corrected chi connectivity index (χ4v) is 5.62. The number of hydrogen-bond acceptors (Lipinski definition) is 4. The van der Waals surface area contributed by atoms with Gasteiger partial charge in [0.1, 0.15) is 6.04 Å². The first kappa shape index (κ1) is 21.7. The van der Waals surface area contributed by atoms with Crippen molar-refractivity contribution in [3.05, 3.63) is 65.2 Å². The maximum absolute atomic E-state index is 12.9. The second-order valence-corrected chi connectivity index (χ2v) is 9.59. The molecule has 172 valence electrons. The lowest BCUT2D eigenvalue weighted by Crippen LogP contribution is -2.52. The molecule has 33 heavy (non-hydrogen) atoms. The summed E-state index contributed by atoms with van der Waals surface area (Å²) in [4.78, 5) is 38.3. The Balaban J connectivity index is 1.25. The number of hydrogen-bond donors (Lipinski definition) is 2. The minimum Gasteiger partial charge on any atom is -0.382 e. The van der Waals surface area contributed by atoms with Crippen molar-refractivity contribution in [1.29, 1.82) is 0 Å². The number of nitrogens with zero attached hydrogens (tertiary/aromatic N) is 1. The Morgan fingerprint density at radius 1 is 0.970 bits per heavy atom. The first-order valence-electron chi connectivity index (χ1n) is 12.2. The van der Waals surface area contributed by atoms with E-state index < -0.39 is 6.04 Å². The van der Waals surface area contributed by atoms with Crippen LogP contribution in [-0.2, 0) is 22.6 Å². The van der Waals surface area contributed by atoms with Gasteiger partial charge >= 0.3 is 0 Å². The van der Waals surface area contributed by atoms with Gasteiger partial charge < -0.3 is 10.2 Å². The molecule has 0 aromatic heterocycles. The molecule has 0 bridgehead atoms. The predicted octanol–water partition coefficient (Wildman–Crippen LogP) is 4.05. The maximum atomic E-state index is 12.9. The third-order valence-electron chi connectivity index (χ3n) is 7.43. The van der Waals surface area contributed by atoms with Crippen LogP contribution in [0.4, 0.5) is 5.69 Å². The van der Waals surface area contributed by atoms with Crippen molar-refractivity contribution in [1.82, 2.24) is 10.2 Å². The first-order chi connectivity index (χ1) is 16.1. The summed E-state index contributed by atoms with van der Waals surface area (Å²) in [6, 6.07) is 16.5. The van der Waals surface area contributed by atoms with E-state index in [0.29, 0.717) is 30.5 Å². The molecule has 0 radical (unpaired) electrons. The lowest BCUT2D eigenvalue weighted by Gasteiger charge is -2.33. The lowest BCUT2D eigenvalue weighted by molar-refractivity contribution is -0.136. The van der Waals surface area contributed by atoms with Gasteiger partial charge in [0.15, 0.2) is 0 Å². The van der Waals surface area contributed by atoms with Gasteiger partial charge in [0, 0.05) is 30.3 Å². The van der Waals surface area contributed by atoms with Crippen LogP contribution in [0.1, 0.15) is 66.4 Å². The van der Waals surface area contributed by atoms with E-state index in [1.54, 1.807) is 4.90 Å². The standard InChI is InChI=1S/C27H31N3O3/c31-25-15-14-24(26(32)29-25)30-17-20-16-21(12-13-22(20)27(30)33)28-23-9-5-4-8-19(23)11-10-18-6-2-1-3-7-18/h1-3,6-7,12-13,16,19,23-24,28H,4-5,8-11,14-15,17H2,(H,29,31,32). The number of carbonyl (C=O) groups is 3. The fourth-order valence-electron chi connectivity index (χ4n) is 5.62. The van der Waals surface area contributed by atoms with Gasteiger partial charge in [-0.3, -0.25) is 19.7 Å². The number of aryl methyl sites for hydroxylation is 1. The van der Waals surface area contributed by atoms with Crippen LogP contribution in [0, 0.1) is 5.92 Å². The van der Waals surface area contributed by atoms with Crippen LogP contribution in [0.2, 0.25) is 0 Å². The third-order valence-corrected chi connectivity index (χ3v) is 7.43. The monoisotopic (exact) mass is 445 g/mol. The molecule has 3 unspecified atom stereocenters. The molecule has 1 aliphatic carbocycles. The van der Waals surface area contributed by atoms with Gasteiger partial charge in [-0.05, 0) is 67.3 Å². The van der Waals surface area contributed by atoms with Crippen molar-refractivity contribution in [2.75, 3.05) is 5.32 Å². The highest BCUT2D eigenvalue weighted by Crippen LogP contribution is 2.33. The summed E-state index contributed by atoms with van der Waals surface area (Å²) >= 11 is 0. The minimum absolute atomic E-state index is 0.121. The van der Waals surface area contributed by atoms with Gasteiger partial charge in [-0.2, -0.15) is 0 Å². The highest BCUT2D eigenvalue weighted by atomic mass is 16.2. The van der Waals surface area contributed by atoms with Crippen LogP contribution < -0.4 is 10.6 Å². The summed E-state index contributed by atoms with van der Waals surface area (Å²) < 4.78 is 0. The molecule has 1 saturated heterocycles. The second kappa shape index (κ2) is 9.38. The molecule has 5 rings (SSSR count). The second-order valence-electron chi connectivity index (χ2n) is 9.59. The largest absolute Gasteiger partial charge is 0.382 e. The molecule has 3 aliphatic rings. The molecular weight excluding hydrogens is 414 g/mol. The zero-order valence-corrected chi connectivity index (χ0v) is 18.9. The van der Waals surface area contributed by atoms with E-state index in [4.69, 9.17) is 0 Å². The van der Waals surface area contributed by atoms with E-state index in [-0.39, 0.29) is 24.1 Å². The SMILES string of the molecule is O=C1CCC(N2Cc3cc(NC4CCCCC4CCc4ccccc4)ccc3C2=O)C(=O)N1. The Hall–Kier alpha value is -3.15. The molecule has 2 fully saturated rings. The van der Waals surface area contributed by atoms with Gasteiger partial charge in [-0.1, -0.05) is 43.2 Å². The highest BCUT2D eigenvalue weighted by molar-refractivity contribution is 6.05. The zero-order chi connectivity index (χ0) is 22.8. The van der Waals surface area contributed by atoms with Crippen LogP contribution in [0.3, 0.4) is 0 Å². The minimum atomic E-state index is -0.570. The van der Waals surface area contributed by atoms with Crippen LogP contribution in [0.5, 0.6) is 0 Å². The van der Waals surface area contributed by atoms with Gasteiger partial charge in [-0.25, -0.2) is 0 Å². The van der Waals surface area contributed by atoms with E-state index in [1.165, 1.54) is 31.2 Å². The summed E-state index contributed by atoms with van der Waals surface area (Å²) in [5, 5.41) is 6.13. The Morgan fingerprint density at radius 3 is 2.61 bits per heavy atom. The summed E-state index contributed by atoms with van der Waals surface area (Å²) in [5.74, 6) is -0.117. The van der Waals surface area contributed by atoms with Crippen LogP contribution in [0.25, 0.3) is 0 Å². The van der Waals surface area contributed by atoms with Gasteiger partial charge in [-0.15, -0.1) is 0 Å². The third kappa shape index (κ3) is 4.65. The molecule has 2 N–H and O–H groups in total. The van der Waals surface area contributed by atoms with E-state index in [9.17, 15) is 14.4 Å². The highest BCUT2D eigenvalue weighted by Gasteiger charge is 2.39. The molecule has 3 atom stereocenters. The van der Waals surface area contributed by atoms with Crippen LogP contribution in [-0.4, -0.2) is 34.7 Å². The number of nitrogens with one attached hydrogen (secondary N) is 2. The van der Waals surface area contributed by atoms with E-state index in [2.05, 4.69) is 47.0 Å². The Labute approximate surface area is 194 Å². The number of anilines is 1. The van der Waals surface area contributed by atoms with Gasteiger partial charge in [0.05, 0.1) is 0 Å². The number of imide groups is 1. The quantitative estimate of drug-likeness (QED) is 0.658. The van der Waals surface area contributed by atoms with Crippen LogP contribution >= 0.6 is 0 Å². The van der Waals surface area contributed by atoms with Crippen molar-refractivity contribution in [3.8, 4) is 0 Å². The maximum Gasteiger partial charge on any atom is 0.255 e. The van der Waals surface area contributed by atoms with E-state index in [0.717, 1.165) is 24.1 Å². The first-order valence-corrected chi connectivity index (χ1v) is 12.2. The fraction of sp³-hybridized carbons (Fsp3) is 0.444. The Kier molecular flexibility index (Phi) is 6.16. The Morgan fingerprint density at radius 2 is 1.79 bits per heavy atom. The number of piperidine rings is 1. The molecule has 2 aromatic rings. The normalized spacial score (nSPS) is 25.0. The van der Waals surface area contributed by atoms with Crippen molar-refractivity contribution >= 4 is 23.4 Å². The van der Waals surface area contributed by atoms with E-state index in [1.807, 2.05) is 12.1 Å². The summed E-state index contributed by atoms with van der Waals surface area (Å²) in [6.45, 7) is 0.415. The summed E-state index contributed by atoms with van der Waals surface area (Å²) in [6.07, 6.45) is 7.88. The molecular formula is C27H31N3O3. The number of benzene rings is 2. The number of fused-ring (bicyclic) bond motifs is 1. The molecule has 6 nitrogen and oxygen atoms in total. The summed E-state index contributed by atoms with van der Waals surface area (Å²) in [5.41, 5.74) is 4.05. The van der Waals surface area contributed by atoms with Crippen molar-refractivity contribution in [2.45, 2.75) is 70.0 Å². The molecule has 2 heterocycles. The van der Waals surface area contributed by atoms with Crippen molar-refractivity contribution in [2.24, 2.45) is 5.92 Å². The number of rotatable bonds is 6. The van der Waals surface area contributed by atoms with Crippen LogP contribution in [0.15, 0.2) is 48.5 Å². The number of amides is 3. The molecule has 2 aromatic carbocycles. The van der Waals surface area contributed by atoms with Crippen molar-refractivity contribution in [3.63, 3.8) is 0 Å². The number of carbonyl (C=O) groups excluding carboxylic acids is 3. The van der Waals surface area contributed by atoms with Gasteiger partial charge in [0.2, 0.25) is 11.8 Å². The average Bonchev–Trinajstić information content (AvgIpc) is 3.14. The lowest BCUT2D eigenvalue weighted by atomic mass is 9.81. The topological polar surface area (TPSA) is 78.5 Å².